The third-order valence-electron chi connectivity index (χ3n) is 5.62. The van der Waals surface area contributed by atoms with Crippen LogP contribution in [0.4, 0.5) is 0 Å². The largest absolute Gasteiger partial charge is 0.308 e. The lowest BCUT2D eigenvalue weighted by Gasteiger charge is -2.48. The number of likely N-dealkylation sites (tertiary alicyclic amines) is 1. The molecule has 2 atom stereocenters. The molecular weight excluding hydrogens is 234 g/mol. The summed E-state index contributed by atoms with van der Waals surface area (Å²) in [6.45, 7) is 12.0. The van der Waals surface area contributed by atoms with Crippen molar-refractivity contribution in [3.05, 3.63) is 0 Å². The van der Waals surface area contributed by atoms with E-state index in [1.165, 1.54) is 51.7 Å². The Morgan fingerprint density at radius 2 is 1.95 bits per heavy atom. The van der Waals surface area contributed by atoms with Crippen molar-refractivity contribution in [2.45, 2.75) is 70.5 Å². The Hall–Kier alpha value is -0.120. The summed E-state index contributed by atoms with van der Waals surface area (Å²) in [5.74, 6) is 0. The Morgan fingerprint density at radius 3 is 2.58 bits per heavy atom. The molecule has 0 saturated carbocycles. The van der Waals surface area contributed by atoms with Crippen LogP contribution < -0.4 is 5.32 Å². The van der Waals surface area contributed by atoms with Gasteiger partial charge in [0.2, 0.25) is 0 Å². The van der Waals surface area contributed by atoms with Gasteiger partial charge >= 0.3 is 0 Å². The molecule has 0 aromatic carbocycles. The predicted molar refractivity (Wildman–Crippen MR) is 82.6 cm³/mol. The highest BCUT2D eigenvalue weighted by Crippen LogP contribution is 2.24. The lowest BCUT2D eigenvalue weighted by atomic mass is 9.88. The minimum Gasteiger partial charge on any atom is -0.308 e. The maximum absolute atomic E-state index is 3.80. The Labute approximate surface area is 119 Å². The average molecular weight is 267 g/mol. The maximum Gasteiger partial charge on any atom is 0.0304 e. The van der Waals surface area contributed by atoms with E-state index in [-0.39, 0.29) is 0 Å². The minimum atomic E-state index is 0.361. The van der Waals surface area contributed by atoms with Gasteiger partial charge in [0.1, 0.15) is 0 Å². The summed E-state index contributed by atoms with van der Waals surface area (Å²) in [6.07, 6.45) is 6.68. The molecule has 0 aromatic heterocycles. The van der Waals surface area contributed by atoms with Crippen molar-refractivity contribution < 1.29 is 0 Å². The highest BCUT2D eigenvalue weighted by molar-refractivity contribution is 4.96. The summed E-state index contributed by atoms with van der Waals surface area (Å²) in [4.78, 5) is 5.33. The normalized spacial score (nSPS) is 33.5. The number of likely N-dealkylation sites (N-methyl/N-ethyl adjacent to an activating group) is 1. The number of nitrogens with one attached hydrogen (secondary N) is 1. The van der Waals surface area contributed by atoms with Gasteiger partial charge in [-0.05, 0) is 46.2 Å². The first-order chi connectivity index (χ1) is 9.10. The van der Waals surface area contributed by atoms with Crippen LogP contribution in [-0.4, -0.2) is 60.6 Å². The lowest BCUT2D eigenvalue weighted by Crippen LogP contribution is -2.64. The third-order valence-corrected chi connectivity index (χ3v) is 5.62. The van der Waals surface area contributed by atoms with E-state index in [4.69, 9.17) is 0 Å². The Bertz CT molecular complexity index is 275. The summed E-state index contributed by atoms with van der Waals surface area (Å²) >= 11 is 0. The fourth-order valence-electron chi connectivity index (χ4n) is 3.71. The lowest BCUT2D eigenvalue weighted by molar-refractivity contribution is 0.0454. The standard InChI is InChI=1S/C16H33N3/c1-5-16(6-2)13-19(14(3)11-17-16)12-15-9-7-8-10-18(15)4/h14-15,17H,5-13H2,1-4H3. The number of piperidine rings is 1. The van der Waals surface area contributed by atoms with Crippen LogP contribution in [0.15, 0.2) is 0 Å². The Kier molecular flexibility index (Phi) is 5.27. The van der Waals surface area contributed by atoms with E-state index < -0.39 is 0 Å². The first-order valence-electron chi connectivity index (χ1n) is 8.29. The molecule has 19 heavy (non-hydrogen) atoms. The van der Waals surface area contributed by atoms with Crippen LogP contribution in [0.1, 0.15) is 52.9 Å². The van der Waals surface area contributed by atoms with E-state index in [1.807, 2.05) is 0 Å². The highest BCUT2D eigenvalue weighted by Gasteiger charge is 2.36. The number of piperazine rings is 1. The summed E-state index contributed by atoms with van der Waals surface area (Å²) in [5, 5.41) is 3.80. The molecule has 2 saturated heterocycles. The molecule has 2 aliphatic heterocycles. The van der Waals surface area contributed by atoms with E-state index in [2.05, 4.69) is 42.9 Å². The molecule has 0 amide bonds. The molecule has 0 spiro atoms. The van der Waals surface area contributed by atoms with Gasteiger partial charge in [0.05, 0.1) is 0 Å². The van der Waals surface area contributed by atoms with Crippen molar-refractivity contribution >= 4 is 0 Å². The molecule has 0 aliphatic carbocycles. The molecule has 3 heteroatoms. The smallest absolute Gasteiger partial charge is 0.0304 e. The van der Waals surface area contributed by atoms with Crippen LogP contribution in [0, 0.1) is 0 Å². The predicted octanol–water partition coefficient (Wildman–Crippen LogP) is 2.32. The van der Waals surface area contributed by atoms with E-state index in [9.17, 15) is 0 Å². The maximum atomic E-state index is 3.80. The van der Waals surface area contributed by atoms with Crippen molar-refractivity contribution in [3.63, 3.8) is 0 Å². The topological polar surface area (TPSA) is 18.5 Å². The minimum absolute atomic E-state index is 0.361. The molecule has 1 N–H and O–H groups in total. The van der Waals surface area contributed by atoms with Crippen LogP contribution in [0.2, 0.25) is 0 Å². The van der Waals surface area contributed by atoms with Crippen molar-refractivity contribution in [2.75, 3.05) is 33.2 Å². The van der Waals surface area contributed by atoms with Gasteiger partial charge in [0, 0.05) is 37.3 Å². The van der Waals surface area contributed by atoms with Gasteiger partial charge in [-0.2, -0.15) is 0 Å². The Morgan fingerprint density at radius 1 is 1.21 bits per heavy atom. The van der Waals surface area contributed by atoms with Gasteiger partial charge in [-0.3, -0.25) is 4.90 Å². The second-order valence-corrected chi connectivity index (χ2v) is 6.78. The first kappa shape index (κ1) is 15.3. The fraction of sp³-hybridized carbons (Fsp3) is 1.00. The molecule has 0 aromatic rings. The van der Waals surface area contributed by atoms with Crippen molar-refractivity contribution in [3.8, 4) is 0 Å². The molecule has 2 heterocycles. The van der Waals surface area contributed by atoms with Crippen LogP contribution in [0.3, 0.4) is 0 Å². The number of rotatable bonds is 4. The molecule has 2 rings (SSSR count). The molecule has 2 aliphatic rings. The van der Waals surface area contributed by atoms with Crippen LogP contribution in [0.5, 0.6) is 0 Å². The molecule has 3 nitrogen and oxygen atoms in total. The molecule has 2 fully saturated rings. The summed E-state index contributed by atoms with van der Waals surface area (Å²) in [6, 6.07) is 1.46. The van der Waals surface area contributed by atoms with Gasteiger partial charge in [-0.15, -0.1) is 0 Å². The summed E-state index contributed by atoms with van der Waals surface area (Å²) < 4.78 is 0. The van der Waals surface area contributed by atoms with Gasteiger partial charge in [-0.1, -0.05) is 20.3 Å². The molecular formula is C16H33N3. The molecule has 112 valence electrons. The Balaban J connectivity index is 1.96. The second kappa shape index (κ2) is 6.55. The van der Waals surface area contributed by atoms with Crippen molar-refractivity contribution in [1.82, 2.24) is 15.1 Å². The molecule has 0 radical (unpaired) electrons. The zero-order valence-corrected chi connectivity index (χ0v) is 13.4. The van der Waals surface area contributed by atoms with Crippen LogP contribution in [0.25, 0.3) is 0 Å². The van der Waals surface area contributed by atoms with E-state index in [1.54, 1.807) is 0 Å². The third kappa shape index (κ3) is 3.50. The van der Waals surface area contributed by atoms with Crippen LogP contribution in [-0.2, 0) is 0 Å². The summed E-state index contributed by atoms with van der Waals surface area (Å²) in [7, 11) is 2.31. The molecule has 2 unspecified atom stereocenters. The SMILES string of the molecule is CCC1(CC)CN(CC2CCCCN2C)C(C)CN1. The van der Waals surface area contributed by atoms with Gasteiger partial charge in [-0.25, -0.2) is 0 Å². The fourth-order valence-corrected chi connectivity index (χ4v) is 3.71. The van der Waals surface area contributed by atoms with Gasteiger partial charge in [0.15, 0.2) is 0 Å². The monoisotopic (exact) mass is 267 g/mol. The van der Waals surface area contributed by atoms with Crippen molar-refractivity contribution in [1.29, 1.82) is 0 Å². The van der Waals surface area contributed by atoms with Crippen LogP contribution >= 0.6 is 0 Å². The number of nitrogens with zero attached hydrogens (tertiary/aromatic N) is 2. The second-order valence-electron chi connectivity index (χ2n) is 6.78. The summed E-state index contributed by atoms with van der Waals surface area (Å²) in [5.41, 5.74) is 0.361. The van der Waals surface area contributed by atoms with Gasteiger partial charge in [0.25, 0.3) is 0 Å². The number of hydrogen-bond acceptors (Lipinski definition) is 3. The zero-order chi connectivity index (χ0) is 13.9. The average Bonchev–Trinajstić information content (AvgIpc) is 2.44. The van der Waals surface area contributed by atoms with E-state index >= 15 is 0 Å². The number of hydrogen-bond donors (Lipinski definition) is 1. The quantitative estimate of drug-likeness (QED) is 0.843. The highest BCUT2D eigenvalue weighted by atomic mass is 15.3. The van der Waals surface area contributed by atoms with Gasteiger partial charge < -0.3 is 10.2 Å². The molecule has 0 bridgehead atoms. The zero-order valence-electron chi connectivity index (χ0n) is 13.4. The van der Waals surface area contributed by atoms with Crippen molar-refractivity contribution in [2.24, 2.45) is 0 Å². The van der Waals surface area contributed by atoms with E-state index in [0.717, 1.165) is 12.6 Å². The first-order valence-corrected chi connectivity index (χ1v) is 8.29. The van der Waals surface area contributed by atoms with E-state index in [0.29, 0.717) is 11.6 Å².